The molecule has 1 amide bonds. The number of ether oxygens (including phenoxy) is 2. The van der Waals surface area contributed by atoms with Crippen LogP contribution in [0, 0.1) is 5.92 Å². The first kappa shape index (κ1) is 23.3. The van der Waals surface area contributed by atoms with Crippen LogP contribution in [-0.2, 0) is 19.6 Å². The normalized spacial score (nSPS) is 21.3. The molecule has 2 heterocycles. The summed E-state index contributed by atoms with van der Waals surface area (Å²) in [6.45, 7) is 5.47. The fourth-order valence-electron chi connectivity index (χ4n) is 3.81. The number of rotatable bonds is 8. The number of hydrogen-bond acceptors (Lipinski definition) is 6. The molecule has 2 aliphatic rings. The van der Waals surface area contributed by atoms with E-state index in [1.807, 2.05) is 0 Å². The van der Waals surface area contributed by atoms with E-state index in [4.69, 9.17) is 21.1 Å². The van der Waals surface area contributed by atoms with E-state index in [0.717, 1.165) is 39.3 Å². The van der Waals surface area contributed by atoms with Crippen molar-refractivity contribution in [3.8, 4) is 5.75 Å². The maximum absolute atomic E-state index is 13.0. The number of morpholine rings is 1. The maximum Gasteiger partial charge on any atom is 0.243 e. The van der Waals surface area contributed by atoms with E-state index in [1.54, 1.807) is 0 Å². The first-order valence-corrected chi connectivity index (χ1v) is 12.1. The molecule has 168 valence electrons. The lowest BCUT2D eigenvalue weighted by molar-refractivity contribution is -0.126. The first-order chi connectivity index (χ1) is 14.4. The predicted octanol–water partition coefficient (Wildman–Crippen LogP) is 1.59. The van der Waals surface area contributed by atoms with Crippen LogP contribution in [0.15, 0.2) is 23.1 Å². The first-order valence-electron chi connectivity index (χ1n) is 10.3. The molecule has 0 unspecified atom stereocenters. The maximum atomic E-state index is 13.0. The van der Waals surface area contributed by atoms with Crippen LogP contribution in [0.1, 0.15) is 19.3 Å². The second-order valence-corrected chi connectivity index (χ2v) is 9.94. The van der Waals surface area contributed by atoms with Crippen LogP contribution in [-0.4, -0.2) is 83.1 Å². The number of piperidine rings is 1. The summed E-state index contributed by atoms with van der Waals surface area (Å²) in [6.07, 6.45) is 2.20. The molecule has 1 atom stereocenters. The molecule has 1 aromatic rings. The zero-order chi connectivity index (χ0) is 21.6. The molecule has 0 aliphatic carbocycles. The summed E-state index contributed by atoms with van der Waals surface area (Å²) in [6, 6.07) is 4.41. The number of carbonyl (C=O) groups is 1. The molecule has 3 rings (SSSR count). The topological polar surface area (TPSA) is 88.2 Å². The minimum atomic E-state index is -3.72. The van der Waals surface area contributed by atoms with Crippen LogP contribution in [0.25, 0.3) is 0 Å². The van der Waals surface area contributed by atoms with Gasteiger partial charge in [0.1, 0.15) is 5.75 Å². The molecule has 30 heavy (non-hydrogen) atoms. The summed E-state index contributed by atoms with van der Waals surface area (Å²) in [4.78, 5) is 15.0. The highest BCUT2D eigenvalue weighted by molar-refractivity contribution is 7.89. The molecule has 2 aliphatic heterocycles. The number of carbonyl (C=O) groups excluding carboxylic acids is 1. The van der Waals surface area contributed by atoms with Gasteiger partial charge in [0.25, 0.3) is 0 Å². The number of methoxy groups -OCH3 is 1. The Bertz CT molecular complexity index is 830. The van der Waals surface area contributed by atoms with Crippen molar-refractivity contribution in [1.82, 2.24) is 14.5 Å². The van der Waals surface area contributed by atoms with Gasteiger partial charge >= 0.3 is 0 Å². The fraction of sp³-hybridized carbons (Fsp3) is 0.650. The van der Waals surface area contributed by atoms with E-state index in [9.17, 15) is 13.2 Å². The monoisotopic (exact) mass is 459 g/mol. The molecule has 2 fully saturated rings. The Labute approximate surface area is 183 Å². The molecule has 1 N–H and O–H groups in total. The Hall–Kier alpha value is -1.39. The number of halogens is 1. The number of benzene rings is 1. The van der Waals surface area contributed by atoms with Crippen LogP contribution in [0.3, 0.4) is 0 Å². The Morgan fingerprint density at radius 3 is 2.77 bits per heavy atom. The van der Waals surface area contributed by atoms with Crippen LogP contribution >= 0.6 is 11.6 Å². The van der Waals surface area contributed by atoms with E-state index in [1.165, 1.54) is 29.6 Å². The molecule has 0 bridgehead atoms. The molecule has 8 nitrogen and oxygen atoms in total. The third-order valence-electron chi connectivity index (χ3n) is 5.57. The predicted molar refractivity (Wildman–Crippen MR) is 114 cm³/mol. The van der Waals surface area contributed by atoms with Crippen LogP contribution in [0.2, 0.25) is 5.02 Å². The van der Waals surface area contributed by atoms with Gasteiger partial charge in [0.05, 0.1) is 36.2 Å². The summed E-state index contributed by atoms with van der Waals surface area (Å²) in [5.41, 5.74) is 0. The van der Waals surface area contributed by atoms with Crippen molar-refractivity contribution in [2.45, 2.75) is 24.2 Å². The third-order valence-corrected chi connectivity index (χ3v) is 7.73. The second kappa shape index (κ2) is 10.8. The highest BCUT2D eigenvalue weighted by Crippen LogP contribution is 2.30. The van der Waals surface area contributed by atoms with Gasteiger partial charge < -0.3 is 14.8 Å². The molecule has 0 saturated carbocycles. The van der Waals surface area contributed by atoms with E-state index in [2.05, 4.69) is 10.2 Å². The van der Waals surface area contributed by atoms with Gasteiger partial charge in [0.15, 0.2) is 0 Å². The molecule has 0 aromatic heterocycles. The van der Waals surface area contributed by atoms with Crippen molar-refractivity contribution < 1.29 is 22.7 Å². The number of amides is 1. The molecular weight excluding hydrogens is 430 g/mol. The third kappa shape index (κ3) is 5.85. The number of nitrogens with one attached hydrogen (secondary N) is 1. The summed E-state index contributed by atoms with van der Waals surface area (Å²) < 4.78 is 37.8. The zero-order valence-electron chi connectivity index (χ0n) is 17.3. The molecule has 10 heteroatoms. The summed E-state index contributed by atoms with van der Waals surface area (Å²) >= 11 is 6.10. The highest BCUT2D eigenvalue weighted by Gasteiger charge is 2.33. The van der Waals surface area contributed by atoms with Gasteiger partial charge in [-0.05, 0) is 44.0 Å². The average Bonchev–Trinajstić information content (AvgIpc) is 2.77. The van der Waals surface area contributed by atoms with E-state index in [-0.39, 0.29) is 28.3 Å². The average molecular weight is 460 g/mol. The number of sulfonamides is 1. The summed E-state index contributed by atoms with van der Waals surface area (Å²) in [7, 11) is -2.24. The van der Waals surface area contributed by atoms with Crippen LogP contribution in [0.5, 0.6) is 5.75 Å². The van der Waals surface area contributed by atoms with Gasteiger partial charge in [0.2, 0.25) is 15.9 Å². The van der Waals surface area contributed by atoms with Crippen molar-refractivity contribution in [3.63, 3.8) is 0 Å². The molecular formula is C20H30ClN3O5S. The number of nitrogens with zero attached hydrogens (tertiary/aromatic N) is 2. The standard InChI is InChI=1S/C20H30ClN3O5S/c1-28-19-6-5-17(14-18(19)21)30(26,27)24-9-2-4-16(15-24)20(25)22-7-3-8-23-10-12-29-13-11-23/h5-6,14,16H,2-4,7-13,15H2,1H3,(H,22,25)/t16-/m1/s1. The lowest BCUT2D eigenvalue weighted by atomic mass is 9.99. The van der Waals surface area contributed by atoms with Crippen molar-refractivity contribution in [3.05, 3.63) is 23.2 Å². The smallest absolute Gasteiger partial charge is 0.243 e. The lowest BCUT2D eigenvalue weighted by Crippen LogP contribution is -2.45. The van der Waals surface area contributed by atoms with Crippen molar-refractivity contribution >= 4 is 27.5 Å². The van der Waals surface area contributed by atoms with Gasteiger partial charge in [-0.15, -0.1) is 0 Å². The Balaban J connectivity index is 1.52. The quantitative estimate of drug-likeness (QED) is 0.594. The summed E-state index contributed by atoms with van der Waals surface area (Å²) in [5, 5.41) is 3.21. The van der Waals surface area contributed by atoms with E-state index < -0.39 is 10.0 Å². The van der Waals surface area contributed by atoms with E-state index >= 15 is 0 Å². The van der Waals surface area contributed by atoms with Crippen molar-refractivity contribution in [1.29, 1.82) is 0 Å². The van der Waals surface area contributed by atoms with Gasteiger partial charge in [-0.1, -0.05) is 11.6 Å². The number of hydrogen-bond donors (Lipinski definition) is 1. The van der Waals surface area contributed by atoms with Crippen molar-refractivity contribution in [2.24, 2.45) is 5.92 Å². The van der Waals surface area contributed by atoms with Gasteiger partial charge in [0, 0.05) is 32.7 Å². The highest BCUT2D eigenvalue weighted by atomic mass is 35.5. The summed E-state index contributed by atoms with van der Waals surface area (Å²) in [5.74, 6) is -0.00105. The fourth-order valence-corrected chi connectivity index (χ4v) is 5.69. The zero-order valence-corrected chi connectivity index (χ0v) is 18.9. The second-order valence-electron chi connectivity index (χ2n) is 7.60. The SMILES string of the molecule is COc1ccc(S(=O)(=O)N2CCC[C@@H](C(=O)NCCCN3CCOCC3)C2)cc1Cl. The lowest BCUT2D eigenvalue weighted by Gasteiger charge is -2.31. The van der Waals surface area contributed by atoms with Crippen molar-refractivity contribution in [2.75, 3.05) is 59.6 Å². The molecule has 0 spiro atoms. The van der Waals surface area contributed by atoms with Gasteiger partial charge in [-0.25, -0.2) is 8.42 Å². The van der Waals surface area contributed by atoms with Gasteiger partial charge in [-0.3, -0.25) is 9.69 Å². The van der Waals surface area contributed by atoms with E-state index in [0.29, 0.717) is 31.7 Å². The minimum Gasteiger partial charge on any atom is -0.495 e. The van der Waals surface area contributed by atoms with Crippen LogP contribution < -0.4 is 10.1 Å². The van der Waals surface area contributed by atoms with Gasteiger partial charge in [-0.2, -0.15) is 4.31 Å². The molecule has 1 aromatic carbocycles. The van der Waals surface area contributed by atoms with Crippen LogP contribution in [0.4, 0.5) is 0 Å². The Morgan fingerprint density at radius 2 is 2.07 bits per heavy atom. The molecule has 2 saturated heterocycles. The largest absolute Gasteiger partial charge is 0.495 e. The minimum absolute atomic E-state index is 0.0790. The Morgan fingerprint density at radius 1 is 1.30 bits per heavy atom. The molecule has 0 radical (unpaired) electrons. The Kier molecular flexibility index (Phi) is 8.35.